The fourth-order valence-electron chi connectivity index (χ4n) is 1.03. The summed E-state index contributed by atoms with van der Waals surface area (Å²) in [4.78, 5) is 11.6. The Kier molecular flexibility index (Phi) is 4.37. The quantitative estimate of drug-likeness (QED) is 0.485. The molecule has 3 nitrogen and oxygen atoms in total. The average molecular weight is 223 g/mol. The van der Waals surface area contributed by atoms with Crippen molar-refractivity contribution >= 4 is 22.6 Å². The highest BCUT2D eigenvalue weighted by Crippen LogP contribution is 2.13. The van der Waals surface area contributed by atoms with Crippen LogP contribution in [-0.4, -0.2) is 23.7 Å². The molecule has 0 aliphatic rings. The second-order valence-corrected chi connectivity index (χ2v) is 4.19. The van der Waals surface area contributed by atoms with Gasteiger partial charge in [0.1, 0.15) is 5.75 Å². The van der Waals surface area contributed by atoms with Crippen molar-refractivity contribution in [2.75, 3.05) is 12.9 Å². The summed E-state index contributed by atoms with van der Waals surface area (Å²) in [6, 6.07) is 6.99. The van der Waals surface area contributed by atoms with Gasteiger partial charge in [0.25, 0.3) is 0 Å². The normalized spacial score (nSPS) is 9.73. The van der Waals surface area contributed by atoms with E-state index >= 15 is 0 Å². The number of hydrogen-bond donors (Lipinski definition) is 1. The summed E-state index contributed by atoms with van der Waals surface area (Å²) in [5.41, 5.74) is 0.657. The van der Waals surface area contributed by atoms with Crippen LogP contribution in [0.4, 0.5) is 0 Å². The zero-order valence-electron chi connectivity index (χ0n) is 8.74. The van der Waals surface area contributed by atoms with E-state index in [1.54, 1.807) is 38.3 Å². The topological polar surface area (TPSA) is 50.2 Å². The lowest BCUT2D eigenvalue weighted by Crippen LogP contribution is -2.03. The molecule has 0 saturated carbocycles. The fraction of sp³-hybridized carbons (Fsp3) is 0.273. The van der Waals surface area contributed by atoms with E-state index in [1.165, 1.54) is 11.8 Å². The maximum absolute atomic E-state index is 11.6. The van der Waals surface area contributed by atoms with Crippen LogP contribution in [0, 0.1) is 5.41 Å². The van der Waals surface area contributed by atoms with Crippen molar-refractivity contribution in [1.29, 1.82) is 5.41 Å². The molecule has 1 rings (SSSR count). The van der Waals surface area contributed by atoms with E-state index in [0.29, 0.717) is 16.4 Å². The van der Waals surface area contributed by atoms with Gasteiger partial charge in [-0.05, 0) is 31.2 Å². The molecule has 0 aliphatic carbocycles. The predicted molar refractivity (Wildman–Crippen MR) is 63.2 cm³/mol. The zero-order chi connectivity index (χ0) is 11.3. The minimum Gasteiger partial charge on any atom is -0.497 e. The molecule has 1 N–H and O–H groups in total. The molecule has 4 heteroatoms. The average Bonchev–Trinajstić information content (AvgIpc) is 2.26. The lowest BCUT2D eigenvalue weighted by Gasteiger charge is -2.02. The molecule has 0 unspecified atom stereocenters. The molecule has 0 saturated heterocycles. The fourth-order valence-corrected chi connectivity index (χ4v) is 1.55. The molecule has 0 amide bonds. The molecule has 0 aromatic heterocycles. The molecule has 0 aliphatic heterocycles. The van der Waals surface area contributed by atoms with Gasteiger partial charge in [-0.3, -0.25) is 10.2 Å². The number of carbonyl (C=O) groups excluding carboxylic acids is 1. The van der Waals surface area contributed by atoms with Crippen LogP contribution in [0.15, 0.2) is 24.3 Å². The Morgan fingerprint density at radius 1 is 1.40 bits per heavy atom. The minimum atomic E-state index is 0.0363. The largest absolute Gasteiger partial charge is 0.497 e. The van der Waals surface area contributed by atoms with Gasteiger partial charge < -0.3 is 4.74 Å². The van der Waals surface area contributed by atoms with E-state index in [1.807, 2.05) is 0 Å². The summed E-state index contributed by atoms with van der Waals surface area (Å²) in [6.07, 6.45) is 0. The van der Waals surface area contributed by atoms with Crippen LogP contribution in [0.25, 0.3) is 0 Å². The van der Waals surface area contributed by atoms with Gasteiger partial charge >= 0.3 is 0 Å². The number of nitrogens with one attached hydrogen (secondary N) is 1. The van der Waals surface area contributed by atoms with E-state index in [2.05, 4.69) is 0 Å². The van der Waals surface area contributed by atoms with E-state index < -0.39 is 0 Å². The first kappa shape index (κ1) is 11.8. The molecular weight excluding hydrogens is 210 g/mol. The standard InChI is InChI=1S/C11H13NO2S/c1-8(12)15-7-11(13)9-3-5-10(14-2)6-4-9/h3-6,12H,7H2,1-2H3. The van der Waals surface area contributed by atoms with E-state index in [4.69, 9.17) is 10.1 Å². The van der Waals surface area contributed by atoms with E-state index in [9.17, 15) is 4.79 Å². The second-order valence-electron chi connectivity index (χ2n) is 3.00. The number of hydrogen-bond acceptors (Lipinski definition) is 4. The van der Waals surface area contributed by atoms with Gasteiger partial charge in [0.05, 0.1) is 17.9 Å². The first-order chi connectivity index (χ1) is 7.13. The number of benzene rings is 1. The van der Waals surface area contributed by atoms with Crippen LogP contribution in [0.3, 0.4) is 0 Å². The summed E-state index contributed by atoms with van der Waals surface area (Å²) in [7, 11) is 1.59. The Labute approximate surface area is 93.3 Å². The van der Waals surface area contributed by atoms with Crippen molar-refractivity contribution < 1.29 is 9.53 Å². The molecule has 0 radical (unpaired) electrons. The zero-order valence-corrected chi connectivity index (χ0v) is 9.56. The number of Topliss-reactive ketones (excluding diaryl/α,β-unsaturated/α-hetero) is 1. The number of ketones is 1. The maximum atomic E-state index is 11.6. The first-order valence-corrected chi connectivity index (χ1v) is 5.47. The highest BCUT2D eigenvalue weighted by Gasteiger charge is 2.06. The van der Waals surface area contributed by atoms with Crippen molar-refractivity contribution in [2.45, 2.75) is 6.92 Å². The molecule has 0 bridgehead atoms. The van der Waals surface area contributed by atoms with Gasteiger partial charge in [-0.25, -0.2) is 0 Å². The van der Waals surface area contributed by atoms with Gasteiger partial charge in [-0.2, -0.15) is 0 Å². The molecule has 0 atom stereocenters. The summed E-state index contributed by atoms with van der Waals surface area (Å²) in [5.74, 6) is 1.10. The SMILES string of the molecule is COc1ccc(C(=O)CSC(C)=N)cc1. The molecule has 0 spiro atoms. The third-order valence-corrected chi connectivity index (χ3v) is 2.67. The van der Waals surface area contributed by atoms with Crippen molar-refractivity contribution in [1.82, 2.24) is 0 Å². The van der Waals surface area contributed by atoms with Gasteiger partial charge in [0, 0.05) is 5.56 Å². The summed E-state index contributed by atoms with van der Waals surface area (Å²) in [5, 5.41) is 7.66. The van der Waals surface area contributed by atoms with Gasteiger partial charge in [-0.15, -0.1) is 11.8 Å². The second kappa shape index (κ2) is 5.56. The van der Waals surface area contributed by atoms with Crippen LogP contribution in [-0.2, 0) is 0 Å². The number of methoxy groups -OCH3 is 1. The van der Waals surface area contributed by atoms with E-state index in [-0.39, 0.29) is 5.78 Å². The molecule has 80 valence electrons. The van der Waals surface area contributed by atoms with Crippen LogP contribution in [0.1, 0.15) is 17.3 Å². The minimum absolute atomic E-state index is 0.0363. The van der Waals surface area contributed by atoms with Gasteiger partial charge in [-0.1, -0.05) is 0 Å². The lowest BCUT2D eigenvalue weighted by molar-refractivity contribution is 0.102. The Bertz CT molecular complexity index is 359. The Balaban J connectivity index is 2.62. The number of ether oxygens (including phenoxy) is 1. The lowest BCUT2D eigenvalue weighted by atomic mass is 10.1. The van der Waals surface area contributed by atoms with Crippen molar-refractivity contribution in [3.63, 3.8) is 0 Å². The monoisotopic (exact) mass is 223 g/mol. The number of thioether (sulfide) groups is 1. The molecule has 15 heavy (non-hydrogen) atoms. The van der Waals surface area contributed by atoms with Crippen molar-refractivity contribution in [3.8, 4) is 5.75 Å². The van der Waals surface area contributed by atoms with Crippen LogP contribution in [0.5, 0.6) is 5.75 Å². The number of rotatable bonds is 4. The summed E-state index contributed by atoms with van der Waals surface area (Å²) < 4.78 is 5.00. The van der Waals surface area contributed by atoms with Crippen LogP contribution in [0.2, 0.25) is 0 Å². The maximum Gasteiger partial charge on any atom is 0.173 e. The third-order valence-electron chi connectivity index (χ3n) is 1.83. The Morgan fingerprint density at radius 3 is 2.47 bits per heavy atom. The molecule has 1 aromatic rings. The number of carbonyl (C=O) groups is 1. The van der Waals surface area contributed by atoms with E-state index in [0.717, 1.165) is 5.75 Å². The van der Waals surface area contributed by atoms with Crippen LogP contribution < -0.4 is 4.74 Å². The van der Waals surface area contributed by atoms with Gasteiger partial charge in [0.2, 0.25) is 0 Å². The summed E-state index contributed by atoms with van der Waals surface area (Å²) >= 11 is 1.25. The predicted octanol–water partition coefficient (Wildman–Crippen LogP) is 2.61. The highest BCUT2D eigenvalue weighted by atomic mass is 32.2. The molecule has 0 heterocycles. The van der Waals surface area contributed by atoms with Crippen LogP contribution >= 0.6 is 11.8 Å². The Hall–Kier alpha value is -1.29. The van der Waals surface area contributed by atoms with Gasteiger partial charge in [0.15, 0.2) is 5.78 Å². The molecule has 1 aromatic carbocycles. The highest BCUT2D eigenvalue weighted by molar-refractivity contribution is 8.14. The summed E-state index contributed by atoms with van der Waals surface area (Å²) in [6.45, 7) is 1.67. The van der Waals surface area contributed by atoms with Crippen molar-refractivity contribution in [3.05, 3.63) is 29.8 Å². The first-order valence-electron chi connectivity index (χ1n) is 4.48. The molecule has 0 fully saturated rings. The molecular formula is C11H13NO2S. The Morgan fingerprint density at radius 2 is 2.00 bits per heavy atom. The smallest absolute Gasteiger partial charge is 0.173 e. The third kappa shape index (κ3) is 3.75. The van der Waals surface area contributed by atoms with Crippen molar-refractivity contribution in [2.24, 2.45) is 0 Å².